The highest BCUT2D eigenvalue weighted by Gasteiger charge is 2.26. The number of carbonyl (C=O) groups excluding carboxylic acids is 1. The quantitative estimate of drug-likeness (QED) is 0.106. The number of hydrogen-bond acceptors (Lipinski definition) is 6. The van der Waals surface area contributed by atoms with Crippen LogP contribution in [0, 0.1) is 0 Å². The van der Waals surface area contributed by atoms with Crippen molar-refractivity contribution in [3.8, 4) is 5.75 Å². The molecule has 2 amide bonds. The van der Waals surface area contributed by atoms with Crippen molar-refractivity contribution in [2.75, 3.05) is 45.9 Å². The molecule has 0 spiro atoms. The molecule has 0 saturated carbocycles. The zero-order chi connectivity index (χ0) is 29.9. The van der Waals surface area contributed by atoms with Crippen molar-refractivity contribution in [2.45, 2.75) is 31.7 Å². The number of unbranched alkanes of at least 4 members (excludes halogenated alkanes) is 1. The number of nitrogens with two attached hydrogens (primary N) is 2. The fourth-order valence-electron chi connectivity index (χ4n) is 5.37. The van der Waals surface area contributed by atoms with Crippen LogP contribution in [0.5, 0.6) is 5.75 Å². The summed E-state index contributed by atoms with van der Waals surface area (Å²) in [6.07, 6.45) is 1.72. The minimum absolute atomic E-state index is 0.184. The van der Waals surface area contributed by atoms with Gasteiger partial charge in [-0.25, -0.2) is 15.6 Å². The maximum Gasteiger partial charge on any atom is 0.421 e. The van der Waals surface area contributed by atoms with Gasteiger partial charge in [-0.05, 0) is 66.6 Å². The second-order valence-corrected chi connectivity index (χ2v) is 11.0. The van der Waals surface area contributed by atoms with Gasteiger partial charge >= 0.3 is 6.09 Å². The Morgan fingerprint density at radius 1 is 0.929 bits per heavy atom. The van der Waals surface area contributed by atoms with E-state index in [4.69, 9.17) is 33.0 Å². The number of hydrogen-bond donors (Lipinski definition) is 3. The summed E-state index contributed by atoms with van der Waals surface area (Å²) in [6.45, 7) is 5.48. The number of benzene rings is 3. The number of hydrazine groups is 1. The SMILES string of the molecule is NC(=O)c1cc(CCCCN(N)C(=O)O)ccc1OCCCN1CCN(C(c2ccccc2)c2ccc(Cl)cc2)CC1. The van der Waals surface area contributed by atoms with E-state index in [1.165, 1.54) is 11.1 Å². The van der Waals surface area contributed by atoms with Gasteiger partial charge in [-0.3, -0.25) is 9.69 Å². The molecule has 0 radical (unpaired) electrons. The zero-order valence-electron chi connectivity index (χ0n) is 23.8. The van der Waals surface area contributed by atoms with Crippen LogP contribution in [0.2, 0.25) is 5.02 Å². The van der Waals surface area contributed by atoms with Gasteiger partial charge in [0.25, 0.3) is 5.91 Å². The monoisotopic (exact) mass is 593 g/mol. The Morgan fingerprint density at radius 2 is 1.62 bits per heavy atom. The number of primary amides is 1. The molecule has 0 aromatic heterocycles. The average Bonchev–Trinajstić information content (AvgIpc) is 3.00. The molecule has 1 fully saturated rings. The predicted octanol–water partition coefficient (Wildman–Crippen LogP) is 4.79. The van der Waals surface area contributed by atoms with Crippen LogP contribution in [0.4, 0.5) is 4.79 Å². The number of piperazine rings is 1. The van der Waals surface area contributed by atoms with Crippen molar-refractivity contribution in [3.63, 3.8) is 0 Å². The number of carbonyl (C=O) groups is 2. The molecule has 4 rings (SSSR count). The zero-order valence-corrected chi connectivity index (χ0v) is 24.6. The van der Waals surface area contributed by atoms with Gasteiger partial charge in [0.1, 0.15) is 5.75 Å². The lowest BCUT2D eigenvalue weighted by molar-refractivity contribution is 0.0991. The highest BCUT2D eigenvalue weighted by Crippen LogP contribution is 2.30. The van der Waals surface area contributed by atoms with Crippen LogP contribution in [0.3, 0.4) is 0 Å². The van der Waals surface area contributed by atoms with Gasteiger partial charge < -0.3 is 20.5 Å². The Morgan fingerprint density at radius 3 is 2.29 bits per heavy atom. The van der Waals surface area contributed by atoms with Gasteiger partial charge in [-0.2, -0.15) is 0 Å². The molecule has 1 atom stereocenters. The Kier molecular flexibility index (Phi) is 11.6. The summed E-state index contributed by atoms with van der Waals surface area (Å²) in [5, 5.41) is 10.3. The molecule has 224 valence electrons. The third-order valence-corrected chi connectivity index (χ3v) is 7.87. The molecule has 0 bridgehead atoms. The number of rotatable bonds is 14. The van der Waals surface area contributed by atoms with Gasteiger partial charge in [0.2, 0.25) is 0 Å². The average molecular weight is 594 g/mol. The molecule has 1 unspecified atom stereocenters. The van der Waals surface area contributed by atoms with Gasteiger partial charge in [0.15, 0.2) is 0 Å². The van der Waals surface area contributed by atoms with Crippen molar-refractivity contribution < 1.29 is 19.4 Å². The second kappa shape index (κ2) is 15.6. The molecule has 3 aromatic rings. The molecule has 9 nitrogen and oxygen atoms in total. The van der Waals surface area contributed by atoms with E-state index in [1.54, 1.807) is 12.1 Å². The van der Waals surface area contributed by atoms with E-state index in [0.29, 0.717) is 30.8 Å². The molecule has 1 aliphatic heterocycles. The second-order valence-electron chi connectivity index (χ2n) is 10.6. The smallest absolute Gasteiger partial charge is 0.421 e. The third-order valence-electron chi connectivity index (χ3n) is 7.62. The summed E-state index contributed by atoms with van der Waals surface area (Å²) >= 11 is 6.16. The van der Waals surface area contributed by atoms with E-state index < -0.39 is 12.0 Å². The Bertz CT molecular complexity index is 1300. The first-order chi connectivity index (χ1) is 20.3. The third kappa shape index (κ3) is 8.93. The molecule has 3 aromatic carbocycles. The maximum absolute atomic E-state index is 12.1. The minimum atomic E-state index is -1.15. The molecule has 42 heavy (non-hydrogen) atoms. The van der Waals surface area contributed by atoms with E-state index >= 15 is 0 Å². The first-order valence-electron chi connectivity index (χ1n) is 14.4. The van der Waals surface area contributed by atoms with Gasteiger partial charge in [0, 0.05) is 44.3 Å². The van der Waals surface area contributed by atoms with Crippen LogP contribution in [0.25, 0.3) is 0 Å². The van der Waals surface area contributed by atoms with E-state index in [0.717, 1.165) is 61.2 Å². The van der Waals surface area contributed by atoms with Crippen LogP contribution < -0.4 is 16.3 Å². The first kappa shape index (κ1) is 31.3. The summed E-state index contributed by atoms with van der Waals surface area (Å²) < 4.78 is 5.98. The van der Waals surface area contributed by atoms with Crippen molar-refractivity contribution in [1.29, 1.82) is 0 Å². The molecule has 5 N–H and O–H groups in total. The largest absolute Gasteiger partial charge is 0.493 e. The Labute approximate surface area is 252 Å². The number of aryl methyl sites for hydroxylation is 1. The summed E-state index contributed by atoms with van der Waals surface area (Å²) in [5.41, 5.74) is 9.46. The minimum Gasteiger partial charge on any atom is -0.493 e. The number of halogens is 1. The van der Waals surface area contributed by atoms with E-state index in [1.807, 2.05) is 24.3 Å². The Hall–Kier alpha value is -3.63. The standard InChI is InChI=1S/C32H40ClN5O4/c33-27-13-11-26(12-14-27)30(25-8-2-1-3-9-25)37-20-18-36(19-21-37)16-6-22-42-29-15-10-24(23-28(29)31(34)39)7-4-5-17-38(35)32(40)41/h1-3,8-15,23,30H,4-7,16-22,35H2,(H2,34,39)(H,40,41). The summed E-state index contributed by atoms with van der Waals surface area (Å²) in [6, 6.07) is 24.4. The maximum atomic E-state index is 12.1. The van der Waals surface area contributed by atoms with Crippen LogP contribution >= 0.6 is 11.6 Å². The molecular weight excluding hydrogens is 554 g/mol. The van der Waals surface area contributed by atoms with Crippen molar-refractivity contribution in [3.05, 3.63) is 100 Å². The number of carboxylic acid groups (broad SMARTS) is 1. The van der Waals surface area contributed by atoms with E-state index in [2.05, 4.69) is 46.2 Å². The topological polar surface area (TPSA) is 125 Å². The summed E-state index contributed by atoms with van der Waals surface area (Å²) in [4.78, 5) is 27.9. The van der Waals surface area contributed by atoms with Crippen molar-refractivity contribution >= 4 is 23.6 Å². The van der Waals surface area contributed by atoms with E-state index in [-0.39, 0.29) is 12.6 Å². The molecule has 10 heteroatoms. The molecule has 1 aliphatic rings. The molecule has 1 saturated heterocycles. The van der Waals surface area contributed by atoms with Crippen LogP contribution in [-0.2, 0) is 6.42 Å². The normalized spacial score (nSPS) is 14.8. The first-order valence-corrected chi connectivity index (χ1v) is 14.8. The number of ether oxygens (including phenoxy) is 1. The van der Waals surface area contributed by atoms with Gasteiger partial charge in [0.05, 0.1) is 18.2 Å². The summed E-state index contributed by atoms with van der Waals surface area (Å²) in [5.74, 6) is 5.36. The van der Waals surface area contributed by atoms with E-state index in [9.17, 15) is 9.59 Å². The van der Waals surface area contributed by atoms with Gasteiger partial charge in [-0.1, -0.05) is 60.1 Å². The van der Waals surface area contributed by atoms with Crippen LogP contribution in [-0.4, -0.2) is 77.8 Å². The molecular formula is C32H40ClN5O4. The lowest BCUT2D eigenvalue weighted by atomic mass is 9.96. The molecule has 1 heterocycles. The number of nitrogens with zero attached hydrogens (tertiary/aromatic N) is 3. The lowest BCUT2D eigenvalue weighted by Gasteiger charge is -2.39. The predicted molar refractivity (Wildman–Crippen MR) is 165 cm³/mol. The number of amides is 2. The molecule has 0 aliphatic carbocycles. The highest BCUT2D eigenvalue weighted by atomic mass is 35.5. The fraction of sp³-hybridized carbons (Fsp3) is 0.375. The highest BCUT2D eigenvalue weighted by molar-refractivity contribution is 6.30. The van der Waals surface area contributed by atoms with Crippen molar-refractivity contribution in [2.24, 2.45) is 11.6 Å². The van der Waals surface area contributed by atoms with Crippen LogP contribution in [0.1, 0.15) is 52.4 Å². The fourth-order valence-corrected chi connectivity index (χ4v) is 5.49. The lowest BCUT2D eigenvalue weighted by Crippen LogP contribution is -2.48. The van der Waals surface area contributed by atoms with Crippen molar-refractivity contribution in [1.82, 2.24) is 14.8 Å². The van der Waals surface area contributed by atoms with Gasteiger partial charge in [-0.15, -0.1) is 0 Å². The Balaban J connectivity index is 1.24. The van der Waals surface area contributed by atoms with Crippen LogP contribution in [0.15, 0.2) is 72.8 Å². The summed E-state index contributed by atoms with van der Waals surface area (Å²) in [7, 11) is 0.